The number of aliphatic hydroxyl groups excluding tert-OH is 2. The summed E-state index contributed by atoms with van der Waals surface area (Å²) >= 11 is 0. The van der Waals surface area contributed by atoms with Crippen molar-refractivity contribution in [3.63, 3.8) is 0 Å². The number of nitrogens with zero attached hydrogens (tertiary/aromatic N) is 1. The maximum absolute atomic E-state index is 13.0. The largest absolute Gasteiger partial charge is 0.393 e. The van der Waals surface area contributed by atoms with Crippen molar-refractivity contribution in [2.45, 2.75) is 96.4 Å². The second kappa shape index (κ2) is 10.0. The van der Waals surface area contributed by atoms with Crippen molar-refractivity contribution < 1.29 is 23.4 Å². The predicted molar refractivity (Wildman–Crippen MR) is 125 cm³/mol. The molecule has 6 atom stereocenters. The molecule has 3 nitrogen and oxygen atoms in total. The van der Waals surface area contributed by atoms with Crippen molar-refractivity contribution >= 4 is 0 Å². The third-order valence-corrected chi connectivity index (χ3v) is 9.39. The average Bonchev–Trinajstić information content (AvgIpc) is 3.09. The molecule has 0 spiro atoms. The summed E-state index contributed by atoms with van der Waals surface area (Å²) in [4.78, 5) is 2.27. The Labute approximate surface area is 197 Å². The number of rotatable bonds is 4. The van der Waals surface area contributed by atoms with E-state index in [0.29, 0.717) is 50.1 Å². The summed E-state index contributed by atoms with van der Waals surface area (Å²) in [5.74, 6) is 0.551. The van der Waals surface area contributed by atoms with Gasteiger partial charge in [-0.05, 0) is 100 Å². The monoisotopic (exact) mass is 469 g/mol. The van der Waals surface area contributed by atoms with Gasteiger partial charge in [0.25, 0.3) is 0 Å². The lowest BCUT2D eigenvalue weighted by molar-refractivity contribution is -0.185. The fourth-order valence-electron chi connectivity index (χ4n) is 7.72. The minimum atomic E-state index is -4.04. The maximum atomic E-state index is 13.0. The van der Waals surface area contributed by atoms with Crippen LogP contribution in [0.2, 0.25) is 0 Å². The number of aliphatic hydroxyl groups is 2. The van der Waals surface area contributed by atoms with Crippen LogP contribution in [0.3, 0.4) is 0 Å². The fraction of sp³-hybridized carbons (Fsp3) is 0.852. The van der Waals surface area contributed by atoms with Gasteiger partial charge in [-0.25, -0.2) is 0 Å². The maximum Gasteiger partial charge on any atom is 0.391 e. The summed E-state index contributed by atoms with van der Waals surface area (Å²) < 4.78 is 39.0. The summed E-state index contributed by atoms with van der Waals surface area (Å²) in [7, 11) is 0. The molecular weight excluding hydrogens is 427 g/mol. The SMILES string of the molecule is CC(CN1CCC(C(F)(F)F)CC1)[C@H]1CC[C@H]2C(=CC=C3C[C@@H](O)C[C@@H](O)C3)CCC[C@]12C. The van der Waals surface area contributed by atoms with Gasteiger partial charge in [0.2, 0.25) is 0 Å². The molecule has 4 aliphatic rings. The molecule has 1 saturated heterocycles. The van der Waals surface area contributed by atoms with E-state index < -0.39 is 24.3 Å². The average molecular weight is 470 g/mol. The lowest BCUT2D eigenvalue weighted by Gasteiger charge is -2.45. The quantitative estimate of drug-likeness (QED) is 0.541. The molecule has 188 valence electrons. The number of halogens is 3. The molecule has 1 unspecified atom stereocenters. The standard InChI is InChI=1S/C27H42F3NO2/c1-18(17-31-12-9-21(10-13-31)27(28,29)30)24-7-8-25-20(4-3-11-26(24,25)2)6-5-19-14-22(32)16-23(33)15-19/h5-6,18,21-25,32-33H,3-4,7-17H2,1-2H3/t18?,22-,23+,24-,25+,26-/m1/s1. The number of hydrogen-bond acceptors (Lipinski definition) is 3. The van der Waals surface area contributed by atoms with Crippen molar-refractivity contribution in [1.82, 2.24) is 4.90 Å². The van der Waals surface area contributed by atoms with E-state index in [4.69, 9.17) is 0 Å². The Balaban J connectivity index is 1.38. The molecule has 0 aromatic carbocycles. The number of hydrogen-bond donors (Lipinski definition) is 2. The molecule has 3 saturated carbocycles. The van der Waals surface area contributed by atoms with Crippen molar-refractivity contribution in [2.75, 3.05) is 19.6 Å². The van der Waals surface area contributed by atoms with Gasteiger partial charge in [-0.15, -0.1) is 0 Å². The summed E-state index contributed by atoms with van der Waals surface area (Å²) in [6.07, 6.45) is 7.75. The molecule has 4 fully saturated rings. The Morgan fingerprint density at radius 3 is 2.36 bits per heavy atom. The Morgan fingerprint density at radius 1 is 1.06 bits per heavy atom. The first-order valence-electron chi connectivity index (χ1n) is 13.1. The van der Waals surface area contributed by atoms with E-state index >= 15 is 0 Å². The molecule has 1 aliphatic heterocycles. The first-order valence-corrected chi connectivity index (χ1v) is 13.1. The van der Waals surface area contributed by atoms with Crippen LogP contribution in [0.5, 0.6) is 0 Å². The molecule has 0 aromatic heterocycles. The third-order valence-electron chi connectivity index (χ3n) is 9.39. The highest BCUT2D eigenvalue weighted by Crippen LogP contribution is 2.59. The highest BCUT2D eigenvalue weighted by Gasteiger charge is 2.51. The highest BCUT2D eigenvalue weighted by molar-refractivity contribution is 5.26. The van der Waals surface area contributed by atoms with Crippen LogP contribution in [0.4, 0.5) is 13.2 Å². The van der Waals surface area contributed by atoms with Crippen molar-refractivity contribution in [1.29, 1.82) is 0 Å². The lowest BCUT2D eigenvalue weighted by atomic mass is 9.61. The van der Waals surface area contributed by atoms with Crippen LogP contribution in [0.15, 0.2) is 23.3 Å². The second-order valence-corrected chi connectivity index (χ2v) is 11.7. The Bertz CT molecular complexity index is 728. The number of fused-ring (bicyclic) bond motifs is 1. The van der Waals surface area contributed by atoms with Crippen molar-refractivity contribution in [3.8, 4) is 0 Å². The van der Waals surface area contributed by atoms with E-state index in [-0.39, 0.29) is 18.3 Å². The molecule has 0 bridgehead atoms. The second-order valence-electron chi connectivity index (χ2n) is 11.7. The summed E-state index contributed by atoms with van der Waals surface area (Å²) in [5.41, 5.74) is 2.93. The molecule has 0 aromatic rings. The number of alkyl halides is 3. The van der Waals surface area contributed by atoms with E-state index in [9.17, 15) is 23.4 Å². The van der Waals surface area contributed by atoms with Gasteiger partial charge in [0.15, 0.2) is 0 Å². The molecule has 33 heavy (non-hydrogen) atoms. The zero-order valence-corrected chi connectivity index (χ0v) is 20.3. The Hall–Kier alpha value is -0.850. The number of piperidine rings is 1. The summed E-state index contributed by atoms with van der Waals surface area (Å²) in [5, 5.41) is 20.0. The van der Waals surface area contributed by atoms with E-state index in [0.717, 1.165) is 18.5 Å². The number of allylic oxidation sites excluding steroid dienone is 3. The zero-order chi connectivity index (χ0) is 23.8. The normalized spacial score (nSPS) is 40.3. The molecule has 4 rings (SSSR count). The zero-order valence-electron chi connectivity index (χ0n) is 20.3. The van der Waals surface area contributed by atoms with Crippen LogP contribution in [0.25, 0.3) is 0 Å². The summed E-state index contributed by atoms with van der Waals surface area (Å²) in [6.45, 7) is 6.82. The van der Waals surface area contributed by atoms with Gasteiger partial charge in [-0.1, -0.05) is 37.1 Å². The lowest BCUT2D eigenvalue weighted by Crippen LogP contribution is -2.44. The molecule has 6 heteroatoms. The molecule has 0 radical (unpaired) electrons. The minimum absolute atomic E-state index is 0.242. The third kappa shape index (κ3) is 5.70. The molecule has 3 aliphatic carbocycles. The van der Waals surface area contributed by atoms with Gasteiger partial charge in [0.05, 0.1) is 18.1 Å². The van der Waals surface area contributed by atoms with Crippen LogP contribution in [0.1, 0.15) is 78.1 Å². The molecule has 2 N–H and O–H groups in total. The van der Waals surface area contributed by atoms with E-state index in [1.54, 1.807) is 0 Å². The van der Waals surface area contributed by atoms with Crippen LogP contribution < -0.4 is 0 Å². The van der Waals surface area contributed by atoms with Crippen LogP contribution in [-0.2, 0) is 0 Å². The first kappa shape index (κ1) is 25.2. The summed E-state index contributed by atoms with van der Waals surface area (Å²) in [6, 6.07) is 0. The topological polar surface area (TPSA) is 43.7 Å². The Morgan fingerprint density at radius 2 is 1.73 bits per heavy atom. The van der Waals surface area contributed by atoms with Gasteiger partial charge in [0.1, 0.15) is 0 Å². The van der Waals surface area contributed by atoms with Crippen LogP contribution >= 0.6 is 0 Å². The molecular formula is C27H42F3NO2. The van der Waals surface area contributed by atoms with Gasteiger partial charge in [-0.2, -0.15) is 13.2 Å². The van der Waals surface area contributed by atoms with Crippen molar-refractivity contribution in [3.05, 3.63) is 23.3 Å². The molecule has 0 amide bonds. The van der Waals surface area contributed by atoms with E-state index in [1.807, 2.05) is 0 Å². The van der Waals surface area contributed by atoms with Gasteiger partial charge < -0.3 is 15.1 Å². The van der Waals surface area contributed by atoms with Gasteiger partial charge in [0, 0.05) is 6.54 Å². The first-order chi connectivity index (χ1) is 15.6. The minimum Gasteiger partial charge on any atom is -0.393 e. The molecule has 1 heterocycles. The van der Waals surface area contributed by atoms with Gasteiger partial charge >= 0.3 is 6.18 Å². The van der Waals surface area contributed by atoms with E-state index in [1.165, 1.54) is 31.3 Å². The van der Waals surface area contributed by atoms with E-state index in [2.05, 4.69) is 30.9 Å². The van der Waals surface area contributed by atoms with Gasteiger partial charge in [-0.3, -0.25) is 0 Å². The number of likely N-dealkylation sites (tertiary alicyclic amines) is 1. The smallest absolute Gasteiger partial charge is 0.391 e. The predicted octanol–water partition coefficient (Wildman–Crippen LogP) is 5.87. The van der Waals surface area contributed by atoms with Crippen LogP contribution in [-0.4, -0.2) is 53.1 Å². The van der Waals surface area contributed by atoms with Crippen LogP contribution in [0, 0.1) is 29.1 Å². The fourth-order valence-corrected chi connectivity index (χ4v) is 7.72. The Kier molecular flexibility index (Phi) is 7.67. The highest BCUT2D eigenvalue weighted by atomic mass is 19.4. The van der Waals surface area contributed by atoms with Crippen molar-refractivity contribution in [2.24, 2.45) is 29.1 Å².